The Balaban J connectivity index is 3.13. The fraction of sp³-hybridized carbons (Fsp3) is 0.500. The van der Waals surface area contributed by atoms with E-state index >= 15 is 0 Å². The van der Waals surface area contributed by atoms with E-state index in [0.29, 0.717) is 0 Å². The summed E-state index contributed by atoms with van der Waals surface area (Å²) in [6.45, 7) is 4.87. The third-order valence-electron chi connectivity index (χ3n) is 0.394. The topological polar surface area (TPSA) is 58.3 Å². The maximum absolute atomic E-state index is 8.47. The molecule has 0 aliphatic carbocycles. The zero-order valence-electron chi connectivity index (χ0n) is 4.31. The highest BCUT2D eigenvalue weighted by molar-refractivity contribution is 4.81. The molecule has 1 atom stereocenters. The first-order chi connectivity index (χ1) is 3.13. The molecule has 0 aromatic heterocycles. The van der Waals surface area contributed by atoms with Crippen molar-refractivity contribution in [3.05, 3.63) is 12.4 Å². The quantitative estimate of drug-likeness (QED) is 0.406. The molecule has 0 radical (unpaired) electrons. The van der Waals surface area contributed by atoms with Gasteiger partial charge < -0.3 is 16.2 Å². The van der Waals surface area contributed by atoms with Gasteiger partial charge in [0.2, 0.25) is 0 Å². The minimum atomic E-state index is -0.600. The van der Waals surface area contributed by atoms with E-state index in [1.807, 2.05) is 0 Å². The van der Waals surface area contributed by atoms with E-state index < -0.39 is 6.23 Å². The molecule has 4 N–H and O–H groups in total. The van der Waals surface area contributed by atoms with Crippen LogP contribution in [0, 0.1) is 0 Å². The largest absolute Gasteiger partial charge is 0.386 e. The molecular weight excluding hydrogens is 92.1 g/mol. The van der Waals surface area contributed by atoms with E-state index in [-0.39, 0.29) is 5.82 Å². The standard InChI is InChI=1S/C4H10N2O/c1-3(5)6-4(2)7/h4,6-7H,1,5H2,2H3. The molecule has 42 valence electrons. The molecule has 0 aliphatic rings. The lowest BCUT2D eigenvalue weighted by atomic mass is 10.6. The highest BCUT2D eigenvalue weighted by Gasteiger charge is 1.87. The monoisotopic (exact) mass is 102 g/mol. The summed E-state index contributed by atoms with van der Waals surface area (Å²) in [4.78, 5) is 0. The predicted octanol–water partition coefficient (Wildman–Crippen LogP) is -0.656. The van der Waals surface area contributed by atoms with Crippen molar-refractivity contribution in [3.8, 4) is 0 Å². The molecule has 0 aromatic rings. The summed E-state index contributed by atoms with van der Waals surface area (Å²) in [6, 6.07) is 0. The van der Waals surface area contributed by atoms with Gasteiger partial charge in [-0.1, -0.05) is 6.58 Å². The lowest BCUT2D eigenvalue weighted by molar-refractivity contribution is 0.169. The average Bonchev–Trinajstić information content (AvgIpc) is 1.27. The van der Waals surface area contributed by atoms with Crippen LogP contribution in [-0.4, -0.2) is 11.3 Å². The molecule has 0 fully saturated rings. The zero-order chi connectivity index (χ0) is 5.86. The Hall–Kier alpha value is -0.700. The van der Waals surface area contributed by atoms with Crippen molar-refractivity contribution in [2.45, 2.75) is 13.2 Å². The first-order valence-corrected chi connectivity index (χ1v) is 2.02. The number of nitrogens with one attached hydrogen (secondary N) is 1. The van der Waals surface area contributed by atoms with E-state index in [4.69, 9.17) is 10.8 Å². The fourth-order valence-corrected chi connectivity index (χ4v) is 0.268. The maximum Gasteiger partial charge on any atom is 0.122 e. The molecule has 0 saturated carbocycles. The first kappa shape index (κ1) is 6.30. The van der Waals surface area contributed by atoms with Crippen molar-refractivity contribution in [3.63, 3.8) is 0 Å². The molecule has 0 saturated heterocycles. The Morgan fingerprint density at radius 3 is 2.43 bits per heavy atom. The zero-order valence-corrected chi connectivity index (χ0v) is 4.31. The van der Waals surface area contributed by atoms with E-state index in [1.54, 1.807) is 6.92 Å². The second-order valence-corrected chi connectivity index (χ2v) is 1.35. The van der Waals surface area contributed by atoms with Gasteiger partial charge in [0.15, 0.2) is 0 Å². The molecule has 0 bridgehead atoms. The minimum absolute atomic E-state index is 0.287. The van der Waals surface area contributed by atoms with E-state index in [2.05, 4.69) is 11.9 Å². The summed E-state index contributed by atoms with van der Waals surface area (Å²) in [7, 11) is 0. The summed E-state index contributed by atoms with van der Waals surface area (Å²) in [5.74, 6) is 0.287. The second kappa shape index (κ2) is 2.47. The number of aliphatic hydroxyl groups excluding tert-OH is 1. The predicted molar refractivity (Wildman–Crippen MR) is 28.1 cm³/mol. The van der Waals surface area contributed by atoms with Crippen LogP contribution in [0.1, 0.15) is 6.92 Å². The summed E-state index contributed by atoms with van der Waals surface area (Å²) in [6.07, 6.45) is -0.600. The number of rotatable bonds is 2. The SMILES string of the molecule is C=C(N)NC(C)O. The number of aliphatic hydroxyl groups is 1. The molecule has 0 rings (SSSR count). The van der Waals surface area contributed by atoms with Gasteiger partial charge >= 0.3 is 0 Å². The summed E-state index contributed by atoms with van der Waals surface area (Å²) < 4.78 is 0. The Kier molecular flexibility index (Phi) is 2.22. The molecule has 0 aromatic carbocycles. The Morgan fingerprint density at radius 1 is 2.00 bits per heavy atom. The van der Waals surface area contributed by atoms with Crippen molar-refractivity contribution < 1.29 is 5.11 Å². The van der Waals surface area contributed by atoms with Gasteiger partial charge in [0, 0.05) is 0 Å². The van der Waals surface area contributed by atoms with Crippen LogP contribution in [0.2, 0.25) is 0 Å². The molecule has 0 aliphatic heterocycles. The molecule has 0 heterocycles. The van der Waals surface area contributed by atoms with Gasteiger partial charge in [-0.15, -0.1) is 0 Å². The molecule has 3 heteroatoms. The Bertz CT molecular complexity index is 70.1. The van der Waals surface area contributed by atoms with Gasteiger partial charge in [0.25, 0.3) is 0 Å². The van der Waals surface area contributed by atoms with Crippen molar-refractivity contribution in [2.24, 2.45) is 5.73 Å². The molecule has 7 heavy (non-hydrogen) atoms. The smallest absolute Gasteiger partial charge is 0.122 e. The van der Waals surface area contributed by atoms with Crippen LogP contribution in [0.5, 0.6) is 0 Å². The van der Waals surface area contributed by atoms with Crippen LogP contribution in [-0.2, 0) is 0 Å². The van der Waals surface area contributed by atoms with Crippen molar-refractivity contribution >= 4 is 0 Å². The lowest BCUT2D eigenvalue weighted by Gasteiger charge is -2.05. The number of nitrogens with two attached hydrogens (primary N) is 1. The highest BCUT2D eigenvalue weighted by atomic mass is 16.3. The van der Waals surface area contributed by atoms with Gasteiger partial charge in [0.1, 0.15) is 6.23 Å². The van der Waals surface area contributed by atoms with Crippen LogP contribution in [0.3, 0.4) is 0 Å². The van der Waals surface area contributed by atoms with E-state index in [1.165, 1.54) is 0 Å². The third-order valence-corrected chi connectivity index (χ3v) is 0.394. The minimum Gasteiger partial charge on any atom is -0.386 e. The average molecular weight is 102 g/mol. The Morgan fingerprint density at radius 2 is 2.43 bits per heavy atom. The number of hydrogen-bond acceptors (Lipinski definition) is 3. The van der Waals surface area contributed by atoms with Crippen LogP contribution >= 0.6 is 0 Å². The van der Waals surface area contributed by atoms with Gasteiger partial charge in [-0.05, 0) is 6.92 Å². The van der Waals surface area contributed by atoms with Crippen molar-refractivity contribution in [1.82, 2.24) is 5.32 Å². The van der Waals surface area contributed by atoms with Crippen LogP contribution in [0.25, 0.3) is 0 Å². The van der Waals surface area contributed by atoms with Crippen LogP contribution < -0.4 is 11.1 Å². The van der Waals surface area contributed by atoms with Gasteiger partial charge in [-0.25, -0.2) is 0 Å². The molecule has 0 amide bonds. The van der Waals surface area contributed by atoms with Crippen molar-refractivity contribution in [2.75, 3.05) is 0 Å². The maximum atomic E-state index is 8.47. The van der Waals surface area contributed by atoms with Crippen molar-refractivity contribution in [1.29, 1.82) is 0 Å². The molecule has 1 unspecified atom stereocenters. The third kappa shape index (κ3) is 5.30. The van der Waals surface area contributed by atoms with Crippen LogP contribution in [0.4, 0.5) is 0 Å². The fourth-order valence-electron chi connectivity index (χ4n) is 0.268. The van der Waals surface area contributed by atoms with Crippen LogP contribution in [0.15, 0.2) is 12.4 Å². The Labute approximate surface area is 42.8 Å². The normalized spacial score (nSPS) is 12.9. The van der Waals surface area contributed by atoms with E-state index in [0.717, 1.165) is 0 Å². The molecular formula is C4H10N2O. The van der Waals surface area contributed by atoms with Gasteiger partial charge in [-0.3, -0.25) is 0 Å². The molecule has 0 spiro atoms. The lowest BCUT2D eigenvalue weighted by Crippen LogP contribution is -2.27. The summed E-state index contributed by atoms with van der Waals surface area (Å²) in [5, 5.41) is 10.9. The van der Waals surface area contributed by atoms with E-state index in [9.17, 15) is 0 Å². The summed E-state index contributed by atoms with van der Waals surface area (Å²) >= 11 is 0. The highest BCUT2D eigenvalue weighted by Crippen LogP contribution is 1.72. The summed E-state index contributed by atoms with van der Waals surface area (Å²) in [5.41, 5.74) is 5.03. The number of hydrogen-bond donors (Lipinski definition) is 3. The van der Waals surface area contributed by atoms with Gasteiger partial charge in [-0.2, -0.15) is 0 Å². The molecule has 3 nitrogen and oxygen atoms in total. The van der Waals surface area contributed by atoms with Gasteiger partial charge in [0.05, 0.1) is 5.82 Å². The second-order valence-electron chi connectivity index (χ2n) is 1.35. The first-order valence-electron chi connectivity index (χ1n) is 2.02.